The van der Waals surface area contributed by atoms with Crippen LogP contribution in [0.1, 0.15) is 32.6 Å². The van der Waals surface area contributed by atoms with Gasteiger partial charge in [0.05, 0.1) is 4.92 Å². The molecule has 0 spiro atoms. The molecule has 6 nitrogen and oxygen atoms in total. The van der Waals surface area contributed by atoms with E-state index in [1.165, 1.54) is 19.2 Å². The van der Waals surface area contributed by atoms with Gasteiger partial charge >= 0.3 is 5.69 Å². The normalized spacial score (nSPS) is 23.1. The van der Waals surface area contributed by atoms with E-state index < -0.39 is 4.92 Å². The van der Waals surface area contributed by atoms with Crippen LogP contribution < -0.4 is 5.32 Å². The first kappa shape index (κ1) is 14.0. The summed E-state index contributed by atoms with van der Waals surface area (Å²) in [5.74, 6) is 1.55. The number of nitro groups is 1. The lowest BCUT2D eigenvalue weighted by atomic mass is 9.83. The molecular weight excluding hydrogens is 268 g/mol. The predicted molar refractivity (Wildman–Crippen MR) is 73.3 cm³/mol. The van der Waals surface area contributed by atoms with Crippen molar-refractivity contribution in [2.24, 2.45) is 11.8 Å². The van der Waals surface area contributed by atoms with Crippen LogP contribution in [-0.4, -0.2) is 21.4 Å². The fraction of sp³-hybridized carbons (Fsp3) is 0.667. The highest BCUT2D eigenvalue weighted by Gasteiger charge is 2.23. The fourth-order valence-electron chi connectivity index (χ4n) is 2.42. The third-order valence-corrected chi connectivity index (χ3v) is 3.93. The molecule has 0 aromatic carbocycles. The summed E-state index contributed by atoms with van der Waals surface area (Å²) >= 11 is 5.73. The third kappa shape index (κ3) is 3.53. The first-order valence-electron chi connectivity index (χ1n) is 6.46. The first-order chi connectivity index (χ1) is 9.08. The molecule has 1 aromatic heterocycles. The number of rotatable bonds is 4. The molecule has 1 aromatic rings. The van der Waals surface area contributed by atoms with Crippen molar-refractivity contribution in [3.8, 4) is 0 Å². The van der Waals surface area contributed by atoms with Gasteiger partial charge in [0.15, 0.2) is 0 Å². The van der Waals surface area contributed by atoms with Gasteiger partial charge in [0.2, 0.25) is 11.0 Å². The Labute approximate surface area is 116 Å². The molecule has 0 atom stereocenters. The summed E-state index contributed by atoms with van der Waals surface area (Å²) < 4.78 is 0. The Morgan fingerprint density at radius 1 is 1.42 bits per heavy atom. The Kier molecular flexibility index (Phi) is 4.52. The van der Waals surface area contributed by atoms with Crippen LogP contribution in [0.4, 0.5) is 11.5 Å². The monoisotopic (exact) mass is 284 g/mol. The zero-order valence-electron chi connectivity index (χ0n) is 10.8. The molecule has 1 saturated carbocycles. The first-order valence-corrected chi connectivity index (χ1v) is 6.84. The van der Waals surface area contributed by atoms with Gasteiger partial charge in [-0.3, -0.25) is 10.1 Å². The molecule has 0 aliphatic heterocycles. The maximum Gasteiger partial charge on any atom is 0.348 e. The van der Waals surface area contributed by atoms with E-state index in [4.69, 9.17) is 11.6 Å². The lowest BCUT2D eigenvalue weighted by Crippen LogP contribution is -2.21. The standard InChI is InChI=1S/C12H17ClN4O2/c1-8-2-4-9(5-3-8)6-14-12-10(17(18)19)11(13)15-7-16-12/h7-9H,2-6H2,1H3,(H,14,15,16). The third-order valence-electron chi connectivity index (χ3n) is 3.65. The lowest BCUT2D eigenvalue weighted by Gasteiger charge is -2.26. The molecular formula is C12H17ClN4O2. The highest BCUT2D eigenvalue weighted by Crippen LogP contribution is 2.31. The molecule has 0 radical (unpaired) electrons. The number of hydrogen-bond donors (Lipinski definition) is 1. The molecule has 19 heavy (non-hydrogen) atoms. The van der Waals surface area contributed by atoms with E-state index in [1.54, 1.807) is 0 Å². The Bertz CT molecular complexity index is 461. The van der Waals surface area contributed by atoms with Crippen molar-refractivity contribution in [2.45, 2.75) is 32.6 Å². The second-order valence-electron chi connectivity index (χ2n) is 5.13. The number of nitrogens with one attached hydrogen (secondary N) is 1. The second-order valence-corrected chi connectivity index (χ2v) is 5.48. The van der Waals surface area contributed by atoms with Crippen molar-refractivity contribution in [1.29, 1.82) is 0 Å². The molecule has 0 amide bonds. The maximum absolute atomic E-state index is 10.9. The van der Waals surface area contributed by atoms with Gasteiger partial charge in [0.25, 0.3) is 0 Å². The molecule has 1 N–H and O–H groups in total. The summed E-state index contributed by atoms with van der Waals surface area (Å²) in [6.45, 7) is 2.96. The zero-order valence-corrected chi connectivity index (χ0v) is 11.6. The second kappa shape index (κ2) is 6.14. The largest absolute Gasteiger partial charge is 0.364 e. The molecule has 0 bridgehead atoms. The van der Waals surface area contributed by atoms with Crippen molar-refractivity contribution in [3.05, 3.63) is 21.6 Å². The van der Waals surface area contributed by atoms with Crippen LogP contribution >= 0.6 is 11.6 Å². The molecule has 104 valence electrons. The van der Waals surface area contributed by atoms with E-state index >= 15 is 0 Å². The Morgan fingerprint density at radius 2 is 2.11 bits per heavy atom. The van der Waals surface area contributed by atoms with Crippen LogP contribution in [0.5, 0.6) is 0 Å². The van der Waals surface area contributed by atoms with E-state index in [9.17, 15) is 10.1 Å². The van der Waals surface area contributed by atoms with Crippen molar-refractivity contribution in [3.63, 3.8) is 0 Å². The highest BCUT2D eigenvalue weighted by molar-refractivity contribution is 6.31. The molecule has 1 aliphatic carbocycles. The van der Waals surface area contributed by atoms with Crippen molar-refractivity contribution in [2.75, 3.05) is 11.9 Å². The van der Waals surface area contributed by atoms with Crippen LogP contribution in [0.25, 0.3) is 0 Å². The summed E-state index contributed by atoms with van der Waals surface area (Å²) in [6.07, 6.45) is 5.99. The van der Waals surface area contributed by atoms with E-state index in [-0.39, 0.29) is 16.7 Å². The van der Waals surface area contributed by atoms with Crippen molar-refractivity contribution >= 4 is 23.1 Å². The van der Waals surface area contributed by atoms with Gasteiger partial charge in [0, 0.05) is 6.54 Å². The van der Waals surface area contributed by atoms with Gasteiger partial charge in [-0.1, -0.05) is 31.4 Å². The molecule has 7 heteroatoms. The van der Waals surface area contributed by atoms with Crippen LogP contribution in [0, 0.1) is 22.0 Å². The molecule has 0 unspecified atom stereocenters. The average Bonchev–Trinajstić information content (AvgIpc) is 2.37. The van der Waals surface area contributed by atoms with Gasteiger partial charge in [-0.2, -0.15) is 0 Å². The predicted octanol–water partition coefficient (Wildman–Crippen LogP) is 3.28. The number of hydrogen-bond acceptors (Lipinski definition) is 5. The summed E-state index contributed by atoms with van der Waals surface area (Å²) in [4.78, 5) is 17.9. The molecule has 1 fully saturated rings. The lowest BCUT2D eigenvalue weighted by molar-refractivity contribution is -0.384. The van der Waals surface area contributed by atoms with Gasteiger partial charge in [-0.15, -0.1) is 0 Å². The van der Waals surface area contributed by atoms with Crippen LogP contribution in [0.3, 0.4) is 0 Å². The summed E-state index contributed by atoms with van der Waals surface area (Å²) in [7, 11) is 0. The van der Waals surface area contributed by atoms with Crippen molar-refractivity contribution in [1.82, 2.24) is 9.97 Å². The topological polar surface area (TPSA) is 81.0 Å². The molecule has 2 rings (SSSR count). The minimum absolute atomic E-state index is 0.125. The average molecular weight is 285 g/mol. The van der Waals surface area contributed by atoms with Crippen LogP contribution in [0.2, 0.25) is 5.15 Å². The van der Waals surface area contributed by atoms with Gasteiger partial charge in [-0.05, 0) is 24.7 Å². The summed E-state index contributed by atoms with van der Waals surface area (Å²) in [5, 5.41) is 13.9. The Morgan fingerprint density at radius 3 is 2.74 bits per heavy atom. The molecule has 1 heterocycles. The molecule has 1 aliphatic rings. The fourth-order valence-corrected chi connectivity index (χ4v) is 2.62. The van der Waals surface area contributed by atoms with E-state index in [0.717, 1.165) is 18.8 Å². The van der Waals surface area contributed by atoms with Gasteiger partial charge < -0.3 is 5.32 Å². The van der Waals surface area contributed by atoms with E-state index in [2.05, 4.69) is 22.2 Å². The van der Waals surface area contributed by atoms with Crippen molar-refractivity contribution < 1.29 is 4.92 Å². The number of nitrogens with zero attached hydrogens (tertiary/aromatic N) is 3. The van der Waals surface area contributed by atoms with Crippen LogP contribution in [-0.2, 0) is 0 Å². The quantitative estimate of drug-likeness (QED) is 0.521. The smallest absolute Gasteiger partial charge is 0.348 e. The number of halogens is 1. The zero-order chi connectivity index (χ0) is 13.8. The Balaban J connectivity index is 2.00. The maximum atomic E-state index is 10.9. The van der Waals surface area contributed by atoms with E-state index in [1.807, 2.05) is 0 Å². The molecule has 0 saturated heterocycles. The SMILES string of the molecule is CC1CCC(CNc2ncnc(Cl)c2[N+](=O)[O-])CC1. The van der Waals surface area contributed by atoms with Gasteiger partial charge in [-0.25, -0.2) is 9.97 Å². The highest BCUT2D eigenvalue weighted by atomic mass is 35.5. The summed E-state index contributed by atoms with van der Waals surface area (Å²) in [6, 6.07) is 0. The van der Waals surface area contributed by atoms with Crippen LogP contribution in [0.15, 0.2) is 6.33 Å². The minimum atomic E-state index is -0.548. The number of aromatic nitrogens is 2. The van der Waals surface area contributed by atoms with Gasteiger partial charge in [0.1, 0.15) is 6.33 Å². The summed E-state index contributed by atoms with van der Waals surface area (Å²) in [5.41, 5.74) is -0.242. The Hall–Kier alpha value is -1.43. The number of anilines is 1. The minimum Gasteiger partial charge on any atom is -0.364 e. The van der Waals surface area contributed by atoms with E-state index in [0.29, 0.717) is 12.5 Å².